The molecule has 0 aliphatic heterocycles. The number of para-hydroxylation sites is 1. The van der Waals surface area contributed by atoms with E-state index < -0.39 is 0 Å². The maximum absolute atomic E-state index is 13.4. The highest BCUT2D eigenvalue weighted by molar-refractivity contribution is 5.24. The molecule has 0 saturated heterocycles. The third kappa shape index (κ3) is 3.78. The van der Waals surface area contributed by atoms with Gasteiger partial charge in [-0.15, -0.1) is 0 Å². The van der Waals surface area contributed by atoms with E-state index in [4.69, 9.17) is 10.5 Å². The molecule has 2 rings (SSSR count). The van der Waals surface area contributed by atoms with E-state index in [2.05, 4.69) is 0 Å². The fourth-order valence-electron chi connectivity index (χ4n) is 2.05. The van der Waals surface area contributed by atoms with Crippen molar-refractivity contribution in [2.75, 3.05) is 13.2 Å². The minimum atomic E-state index is -0.387. The van der Waals surface area contributed by atoms with E-state index in [-0.39, 0.29) is 23.3 Å². The van der Waals surface area contributed by atoms with Crippen molar-refractivity contribution < 1.29 is 13.5 Å². The van der Waals surface area contributed by atoms with Crippen LogP contribution in [0.15, 0.2) is 48.5 Å². The zero-order chi connectivity index (χ0) is 14.4. The molecule has 2 aromatic carbocycles. The molecule has 0 aliphatic rings. The van der Waals surface area contributed by atoms with Gasteiger partial charge in [0.1, 0.15) is 5.82 Å². The number of benzene rings is 2. The summed E-state index contributed by atoms with van der Waals surface area (Å²) < 4.78 is 32.0. The molecule has 106 valence electrons. The Hall–Kier alpha value is -1.94. The molecule has 2 N–H and O–H groups in total. The number of hydrogen-bond donors (Lipinski definition) is 1. The molecule has 0 aliphatic carbocycles. The van der Waals surface area contributed by atoms with Crippen LogP contribution in [0.25, 0.3) is 0 Å². The Bertz CT molecular complexity index is 560. The Morgan fingerprint density at radius 2 is 1.85 bits per heavy atom. The van der Waals surface area contributed by atoms with Gasteiger partial charge in [0.05, 0.1) is 6.61 Å². The van der Waals surface area contributed by atoms with E-state index >= 15 is 0 Å². The molecule has 0 radical (unpaired) electrons. The van der Waals surface area contributed by atoms with Crippen LogP contribution < -0.4 is 10.5 Å². The predicted molar refractivity (Wildman–Crippen MR) is 74.7 cm³/mol. The van der Waals surface area contributed by atoms with Crippen molar-refractivity contribution in [3.63, 3.8) is 0 Å². The van der Waals surface area contributed by atoms with Crippen LogP contribution in [0.4, 0.5) is 8.78 Å². The molecule has 0 spiro atoms. The zero-order valence-corrected chi connectivity index (χ0v) is 11.1. The lowest BCUT2D eigenvalue weighted by atomic mass is 9.96. The van der Waals surface area contributed by atoms with Crippen molar-refractivity contribution in [1.29, 1.82) is 0 Å². The summed E-state index contributed by atoms with van der Waals surface area (Å²) in [5.41, 5.74) is 6.55. The Balaban J connectivity index is 1.93. The summed E-state index contributed by atoms with van der Waals surface area (Å²) in [7, 11) is 0. The minimum absolute atomic E-state index is 0.00234. The molecule has 0 fully saturated rings. The van der Waals surface area contributed by atoms with Gasteiger partial charge in [-0.2, -0.15) is 0 Å². The average molecular weight is 277 g/mol. The van der Waals surface area contributed by atoms with Crippen molar-refractivity contribution in [1.82, 2.24) is 0 Å². The second-order valence-electron chi connectivity index (χ2n) is 4.56. The second-order valence-corrected chi connectivity index (χ2v) is 4.56. The minimum Gasteiger partial charge on any atom is -0.490 e. The summed E-state index contributed by atoms with van der Waals surface area (Å²) in [6.07, 6.45) is 0.605. The molecule has 1 unspecified atom stereocenters. The molecule has 2 nitrogen and oxygen atoms in total. The van der Waals surface area contributed by atoms with Crippen LogP contribution in [0.1, 0.15) is 17.9 Å². The maximum atomic E-state index is 13.4. The monoisotopic (exact) mass is 277 g/mol. The summed E-state index contributed by atoms with van der Waals surface area (Å²) in [4.78, 5) is 0. The largest absolute Gasteiger partial charge is 0.490 e. The van der Waals surface area contributed by atoms with Crippen LogP contribution in [-0.4, -0.2) is 13.2 Å². The summed E-state index contributed by atoms with van der Waals surface area (Å²) in [6, 6.07) is 12.6. The normalized spacial score (nSPS) is 12.2. The highest BCUT2D eigenvalue weighted by Gasteiger charge is 2.11. The first-order valence-electron chi connectivity index (χ1n) is 6.53. The van der Waals surface area contributed by atoms with E-state index in [9.17, 15) is 8.78 Å². The lowest BCUT2D eigenvalue weighted by Crippen LogP contribution is -2.16. The summed E-state index contributed by atoms with van der Waals surface area (Å²) in [6.45, 7) is 0.726. The van der Waals surface area contributed by atoms with Gasteiger partial charge in [-0.05, 0) is 48.7 Å². The van der Waals surface area contributed by atoms with Gasteiger partial charge in [0.15, 0.2) is 11.6 Å². The van der Waals surface area contributed by atoms with Crippen LogP contribution in [0.3, 0.4) is 0 Å². The van der Waals surface area contributed by atoms with Crippen molar-refractivity contribution in [3.8, 4) is 5.75 Å². The molecular formula is C16H17F2NO. The van der Waals surface area contributed by atoms with Crippen molar-refractivity contribution in [2.24, 2.45) is 5.73 Å². The molecule has 0 saturated carbocycles. The quantitative estimate of drug-likeness (QED) is 0.877. The van der Waals surface area contributed by atoms with Crippen molar-refractivity contribution in [2.45, 2.75) is 12.3 Å². The third-order valence-electron chi connectivity index (χ3n) is 3.17. The van der Waals surface area contributed by atoms with Crippen LogP contribution in [0.2, 0.25) is 0 Å². The zero-order valence-electron chi connectivity index (χ0n) is 11.1. The molecule has 0 amide bonds. The van der Waals surface area contributed by atoms with Gasteiger partial charge in [-0.25, -0.2) is 8.78 Å². The molecular weight excluding hydrogens is 260 g/mol. The maximum Gasteiger partial charge on any atom is 0.165 e. The highest BCUT2D eigenvalue weighted by atomic mass is 19.1. The number of rotatable bonds is 6. The first-order valence-corrected chi connectivity index (χ1v) is 6.53. The van der Waals surface area contributed by atoms with Gasteiger partial charge in [0.2, 0.25) is 0 Å². The number of ether oxygens (including phenoxy) is 1. The van der Waals surface area contributed by atoms with E-state index in [1.165, 1.54) is 18.2 Å². The van der Waals surface area contributed by atoms with Gasteiger partial charge in [-0.1, -0.05) is 24.3 Å². The Kier molecular flexibility index (Phi) is 5.07. The molecule has 1 atom stereocenters. The molecule has 0 bridgehead atoms. The van der Waals surface area contributed by atoms with Crippen LogP contribution >= 0.6 is 0 Å². The van der Waals surface area contributed by atoms with E-state index in [0.29, 0.717) is 19.6 Å². The van der Waals surface area contributed by atoms with E-state index in [1.807, 2.05) is 6.07 Å². The Morgan fingerprint density at radius 3 is 2.55 bits per heavy atom. The summed E-state index contributed by atoms with van der Waals surface area (Å²) >= 11 is 0. The van der Waals surface area contributed by atoms with Gasteiger partial charge in [0.25, 0.3) is 0 Å². The number of nitrogens with two attached hydrogens (primary N) is 1. The van der Waals surface area contributed by atoms with E-state index in [1.54, 1.807) is 24.3 Å². The first-order chi connectivity index (χ1) is 9.70. The lowest BCUT2D eigenvalue weighted by molar-refractivity contribution is 0.284. The van der Waals surface area contributed by atoms with Gasteiger partial charge in [-0.3, -0.25) is 0 Å². The SMILES string of the molecule is NCC(CCOc1ccccc1F)c1cccc(F)c1. The number of hydrogen-bond acceptors (Lipinski definition) is 2. The molecule has 4 heteroatoms. The van der Waals surface area contributed by atoms with Gasteiger partial charge < -0.3 is 10.5 Å². The standard InChI is InChI=1S/C16H17F2NO/c17-14-5-3-4-12(10-14)13(11-19)8-9-20-16-7-2-1-6-15(16)18/h1-7,10,13H,8-9,11,19H2. The van der Waals surface area contributed by atoms with Gasteiger partial charge in [0, 0.05) is 0 Å². The Labute approximate surface area is 117 Å². The van der Waals surface area contributed by atoms with Crippen molar-refractivity contribution >= 4 is 0 Å². The van der Waals surface area contributed by atoms with E-state index in [0.717, 1.165) is 5.56 Å². The molecule has 0 aromatic heterocycles. The lowest BCUT2D eigenvalue weighted by Gasteiger charge is -2.16. The summed E-state index contributed by atoms with van der Waals surface area (Å²) in [5.74, 6) is -0.446. The topological polar surface area (TPSA) is 35.2 Å². The molecule has 0 heterocycles. The molecule has 2 aromatic rings. The summed E-state index contributed by atoms with van der Waals surface area (Å²) in [5, 5.41) is 0. The van der Waals surface area contributed by atoms with Crippen LogP contribution in [0.5, 0.6) is 5.75 Å². The average Bonchev–Trinajstić information content (AvgIpc) is 2.45. The fraction of sp³-hybridized carbons (Fsp3) is 0.250. The van der Waals surface area contributed by atoms with Crippen molar-refractivity contribution in [3.05, 3.63) is 65.7 Å². The predicted octanol–water partition coefficient (Wildman–Crippen LogP) is 3.48. The fourth-order valence-corrected chi connectivity index (χ4v) is 2.05. The van der Waals surface area contributed by atoms with Gasteiger partial charge >= 0.3 is 0 Å². The highest BCUT2D eigenvalue weighted by Crippen LogP contribution is 2.21. The van der Waals surface area contributed by atoms with Crippen LogP contribution in [0, 0.1) is 11.6 Å². The van der Waals surface area contributed by atoms with Crippen LogP contribution in [-0.2, 0) is 0 Å². The second kappa shape index (κ2) is 7.01. The smallest absolute Gasteiger partial charge is 0.165 e. The third-order valence-corrected chi connectivity index (χ3v) is 3.17. The molecule has 20 heavy (non-hydrogen) atoms. The number of halogens is 2. The Morgan fingerprint density at radius 1 is 1.05 bits per heavy atom. The first kappa shape index (κ1) is 14.5.